The second-order valence-electron chi connectivity index (χ2n) is 5.54. The van der Waals surface area contributed by atoms with Crippen LogP contribution >= 0.6 is 15.9 Å². The number of hydrogen-bond acceptors (Lipinski definition) is 5. The lowest BCUT2D eigenvalue weighted by Crippen LogP contribution is -2.39. The number of esters is 1. The summed E-state index contributed by atoms with van der Waals surface area (Å²) >= 11 is 3.41. The van der Waals surface area contributed by atoms with Crippen molar-refractivity contribution in [1.82, 2.24) is 0 Å². The summed E-state index contributed by atoms with van der Waals surface area (Å²) in [5.74, 6) is -0.984. The zero-order chi connectivity index (χ0) is 17.8. The molecule has 0 saturated carbocycles. The first-order valence-electron chi connectivity index (χ1n) is 7.99. The van der Waals surface area contributed by atoms with Crippen LogP contribution in [0.2, 0.25) is 0 Å². The number of Topliss-reactive ketones (excluding diaryl/α,β-unsaturated/α-hetero) is 1. The highest BCUT2D eigenvalue weighted by molar-refractivity contribution is 9.10. The Hall–Kier alpha value is -2.47. The number of halogens is 1. The first kappa shape index (κ1) is 17.4. The summed E-state index contributed by atoms with van der Waals surface area (Å²) < 4.78 is 5.91. The fourth-order valence-electron chi connectivity index (χ4n) is 2.71. The van der Waals surface area contributed by atoms with Gasteiger partial charge in [0.25, 0.3) is 0 Å². The Bertz CT molecular complexity index is 803. The van der Waals surface area contributed by atoms with Gasteiger partial charge in [0.2, 0.25) is 5.71 Å². The van der Waals surface area contributed by atoms with Gasteiger partial charge in [-0.15, -0.1) is 0 Å². The van der Waals surface area contributed by atoms with Crippen molar-refractivity contribution in [3.05, 3.63) is 64.6 Å². The normalized spacial score (nSPS) is 17.2. The number of rotatable bonds is 4. The topological polar surface area (TPSA) is 59.0 Å². The van der Waals surface area contributed by atoms with Crippen molar-refractivity contribution in [3.63, 3.8) is 0 Å². The molecule has 1 aliphatic rings. The second-order valence-corrected chi connectivity index (χ2v) is 6.46. The van der Waals surface area contributed by atoms with Gasteiger partial charge in [-0.05, 0) is 36.8 Å². The molecule has 2 aromatic carbocycles. The number of ether oxygens (including phenoxy) is 1. The SMILES string of the molecule is CCOC(=O)C1=NN(c2ccc(Br)cc2)[C@@H](c2ccccc2)CC1=O. The van der Waals surface area contributed by atoms with E-state index < -0.39 is 5.97 Å². The van der Waals surface area contributed by atoms with Crippen LogP contribution in [0.15, 0.2) is 64.2 Å². The third-order valence-corrected chi connectivity index (χ3v) is 4.42. The monoisotopic (exact) mass is 400 g/mol. The summed E-state index contributed by atoms with van der Waals surface area (Å²) in [6.07, 6.45) is 0.164. The van der Waals surface area contributed by atoms with Gasteiger partial charge in [-0.1, -0.05) is 46.3 Å². The largest absolute Gasteiger partial charge is 0.461 e. The lowest BCUT2D eigenvalue weighted by Gasteiger charge is -2.33. The number of hydrazone groups is 1. The van der Waals surface area contributed by atoms with Gasteiger partial charge >= 0.3 is 5.97 Å². The van der Waals surface area contributed by atoms with Gasteiger partial charge in [0.15, 0.2) is 5.78 Å². The molecule has 5 nitrogen and oxygen atoms in total. The number of anilines is 1. The lowest BCUT2D eigenvalue weighted by molar-refractivity contribution is -0.135. The molecule has 0 amide bonds. The first-order valence-corrected chi connectivity index (χ1v) is 8.78. The van der Waals surface area contributed by atoms with Crippen molar-refractivity contribution in [3.8, 4) is 0 Å². The van der Waals surface area contributed by atoms with Crippen LogP contribution in [-0.2, 0) is 14.3 Å². The number of carbonyl (C=O) groups is 2. The molecule has 1 atom stereocenters. The molecule has 1 heterocycles. The van der Waals surface area contributed by atoms with E-state index in [1.54, 1.807) is 11.9 Å². The maximum Gasteiger partial charge on any atom is 0.362 e. The minimum Gasteiger partial charge on any atom is -0.461 e. The van der Waals surface area contributed by atoms with Crippen molar-refractivity contribution < 1.29 is 14.3 Å². The smallest absolute Gasteiger partial charge is 0.362 e. The van der Waals surface area contributed by atoms with Crippen molar-refractivity contribution in [2.24, 2.45) is 5.10 Å². The minimum absolute atomic E-state index is 0.156. The Kier molecular flexibility index (Phi) is 5.28. The van der Waals surface area contributed by atoms with Gasteiger partial charge < -0.3 is 4.74 Å². The first-order chi connectivity index (χ1) is 12.1. The van der Waals surface area contributed by atoms with E-state index in [0.29, 0.717) is 0 Å². The van der Waals surface area contributed by atoms with Crippen molar-refractivity contribution in [2.75, 3.05) is 11.6 Å². The maximum atomic E-state index is 12.5. The summed E-state index contributed by atoms with van der Waals surface area (Å²) in [6, 6.07) is 17.0. The van der Waals surface area contributed by atoms with Crippen molar-refractivity contribution >= 4 is 39.1 Å². The Labute approximate surface area is 154 Å². The van der Waals surface area contributed by atoms with E-state index >= 15 is 0 Å². The molecule has 2 aromatic rings. The van der Waals surface area contributed by atoms with Crippen LogP contribution in [0.25, 0.3) is 0 Å². The predicted octanol–water partition coefficient (Wildman–Crippen LogP) is 3.89. The molecule has 0 aliphatic carbocycles. The Morgan fingerprint density at radius 1 is 1.20 bits per heavy atom. The number of carbonyl (C=O) groups excluding carboxylic acids is 2. The van der Waals surface area contributed by atoms with Crippen LogP contribution in [0.1, 0.15) is 24.9 Å². The van der Waals surface area contributed by atoms with E-state index in [1.807, 2.05) is 54.6 Å². The zero-order valence-corrected chi connectivity index (χ0v) is 15.3. The standard InChI is InChI=1S/C19H17BrN2O3/c1-2-25-19(24)18-17(23)12-16(13-6-4-3-5-7-13)22(21-18)15-10-8-14(20)9-11-15/h3-11,16H,2,12H2,1H3/t16-/m1/s1. The molecule has 0 N–H and O–H groups in total. The summed E-state index contributed by atoms with van der Waals surface area (Å²) in [5, 5.41) is 6.07. The molecule has 0 fully saturated rings. The highest BCUT2D eigenvalue weighted by atomic mass is 79.9. The predicted molar refractivity (Wildman–Crippen MR) is 99.5 cm³/mol. The van der Waals surface area contributed by atoms with Crippen LogP contribution in [0, 0.1) is 0 Å². The van der Waals surface area contributed by atoms with Crippen molar-refractivity contribution in [2.45, 2.75) is 19.4 Å². The molecule has 0 radical (unpaired) electrons. The summed E-state index contributed by atoms with van der Waals surface area (Å²) in [7, 11) is 0. The number of nitrogens with zero attached hydrogens (tertiary/aromatic N) is 2. The van der Waals surface area contributed by atoms with Gasteiger partial charge in [0.1, 0.15) is 0 Å². The minimum atomic E-state index is -0.680. The van der Waals surface area contributed by atoms with Gasteiger partial charge in [0, 0.05) is 10.9 Å². The summed E-state index contributed by atoms with van der Waals surface area (Å²) in [6.45, 7) is 1.90. The average Bonchev–Trinajstić information content (AvgIpc) is 2.63. The van der Waals surface area contributed by atoms with Crippen molar-refractivity contribution in [1.29, 1.82) is 0 Å². The van der Waals surface area contributed by atoms with Gasteiger partial charge in [-0.2, -0.15) is 5.10 Å². The molecule has 25 heavy (non-hydrogen) atoms. The lowest BCUT2D eigenvalue weighted by atomic mass is 9.96. The molecule has 0 bridgehead atoms. The fraction of sp³-hybridized carbons (Fsp3) is 0.211. The molecule has 0 saturated heterocycles. The van der Waals surface area contributed by atoms with Gasteiger partial charge in [0.05, 0.1) is 18.3 Å². The Morgan fingerprint density at radius 3 is 2.52 bits per heavy atom. The highest BCUT2D eigenvalue weighted by Crippen LogP contribution is 2.34. The van der Waals surface area contributed by atoms with Crippen LogP contribution in [0.3, 0.4) is 0 Å². The molecule has 0 spiro atoms. The van der Waals surface area contributed by atoms with E-state index in [-0.39, 0.29) is 30.6 Å². The molecule has 1 aliphatic heterocycles. The van der Waals surface area contributed by atoms with Crippen LogP contribution in [-0.4, -0.2) is 24.1 Å². The third-order valence-electron chi connectivity index (χ3n) is 3.89. The van der Waals surface area contributed by atoms with Crippen LogP contribution < -0.4 is 5.01 Å². The zero-order valence-electron chi connectivity index (χ0n) is 13.7. The molecular formula is C19H17BrN2O3. The van der Waals surface area contributed by atoms with E-state index in [9.17, 15) is 9.59 Å². The number of hydrogen-bond donors (Lipinski definition) is 0. The van der Waals surface area contributed by atoms with E-state index in [2.05, 4.69) is 21.0 Å². The Balaban J connectivity index is 2.05. The molecule has 0 aromatic heterocycles. The van der Waals surface area contributed by atoms with E-state index in [0.717, 1.165) is 15.7 Å². The second kappa shape index (κ2) is 7.61. The number of benzene rings is 2. The molecular weight excluding hydrogens is 384 g/mol. The molecule has 6 heteroatoms. The van der Waals surface area contributed by atoms with Gasteiger partial charge in [-0.25, -0.2) is 4.79 Å². The van der Waals surface area contributed by atoms with Crippen LogP contribution in [0.5, 0.6) is 0 Å². The maximum absolute atomic E-state index is 12.5. The fourth-order valence-corrected chi connectivity index (χ4v) is 2.98. The quantitative estimate of drug-likeness (QED) is 0.730. The highest BCUT2D eigenvalue weighted by Gasteiger charge is 2.35. The molecule has 128 valence electrons. The number of ketones is 1. The molecule has 3 rings (SSSR count). The van der Waals surface area contributed by atoms with E-state index in [4.69, 9.17) is 4.74 Å². The van der Waals surface area contributed by atoms with E-state index in [1.165, 1.54) is 0 Å². The summed E-state index contributed by atoms with van der Waals surface area (Å²) in [4.78, 5) is 24.5. The molecule has 0 unspecified atom stereocenters. The summed E-state index contributed by atoms with van der Waals surface area (Å²) in [5.41, 5.74) is 1.61. The third kappa shape index (κ3) is 3.79. The average molecular weight is 401 g/mol. The van der Waals surface area contributed by atoms with Crippen LogP contribution in [0.4, 0.5) is 5.69 Å². The van der Waals surface area contributed by atoms with Gasteiger partial charge in [-0.3, -0.25) is 9.80 Å². The Morgan fingerprint density at radius 2 is 1.88 bits per heavy atom.